The van der Waals surface area contributed by atoms with Gasteiger partial charge in [0.2, 0.25) is 0 Å². The van der Waals surface area contributed by atoms with Crippen molar-refractivity contribution >= 4 is 11.3 Å². The summed E-state index contributed by atoms with van der Waals surface area (Å²) in [7, 11) is 0. The van der Waals surface area contributed by atoms with Crippen molar-refractivity contribution < 1.29 is 4.39 Å². The zero-order chi connectivity index (χ0) is 11.4. The van der Waals surface area contributed by atoms with Crippen molar-refractivity contribution in [1.82, 2.24) is 4.98 Å². The Kier molecular flexibility index (Phi) is 3.64. The summed E-state index contributed by atoms with van der Waals surface area (Å²) in [5.41, 5.74) is 6.93. The smallest absolute Gasteiger partial charge is 0.123 e. The topological polar surface area (TPSA) is 38.9 Å². The highest BCUT2D eigenvalue weighted by Gasteiger charge is 2.07. The van der Waals surface area contributed by atoms with Gasteiger partial charge in [-0.05, 0) is 24.1 Å². The van der Waals surface area contributed by atoms with Crippen LogP contribution in [0.1, 0.15) is 10.6 Å². The van der Waals surface area contributed by atoms with Gasteiger partial charge in [-0.1, -0.05) is 12.1 Å². The Morgan fingerprint density at radius 3 is 2.94 bits per heavy atom. The van der Waals surface area contributed by atoms with Crippen molar-refractivity contribution in [3.8, 4) is 0 Å². The van der Waals surface area contributed by atoms with Crippen LogP contribution in [0.3, 0.4) is 0 Å². The van der Waals surface area contributed by atoms with Gasteiger partial charge in [-0.2, -0.15) is 0 Å². The number of benzene rings is 1. The fourth-order valence-corrected chi connectivity index (χ4v) is 2.33. The van der Waals surface area contributed by atoms with Gasteiger partial charge in [0.05, 0.1) is 5.01 Å². The molecule has 2 N–H and O–H groups in total. The molecular weight excluding hydrogens is 223 g/mol. The van der Waals surface area contributed by atoms with Gasteiger partial charge in [-0.15, -0.1) is 11.3 Å². The lowest BCUT2D eigenvalue weighted by Crippen LogP contribution is -2.25. The van der Waals surface area contributed by atoms with E-state index < -0.39 is 0 Å². The van der Waals surface area contributed by atoms with Crippen molar-refractivity contribution in [2.24, 2.45) is 5.73 Å². The van der Waals surface area contributed by atoms with Gasteiger partial charge < -0.3 is 5.73 Å². The third-order valence-electron chi connectivity index (χ3n) is 2.31. The highest BCUT2D eigenvalue weighted by Crippen LogP contribution is 2.10. The average Bonchev–Trinajstić information content (AvgIpc) is 2.70. The number of rotatable bonds is 4. The average molecular weight is 236 g/mol. The van der Waals surface area contributed by atoms with Crippen LogP contribution in [0, 0.1) is 5.82 Å². The van der Waals surface area contributed by atoms with Crippen LogP contribution in [-0.2, 0) is 12.8 Å². The molecule has 2 rings (SSSR count). The lowest BCUT2D eigenvalue weighted by Gasteiger charge is -2.09. The Balaban J connectivity index is 1.94. The molecule has 16 heavy (non-hydrogen) atoms. The Hall–Kier alpha value is -1.26. The summed E-state index contributed by atoms with van der Waals surface area (Å²) in [4.78, 5) is 4.18. The SMILES string of the molecule is NC(Cc1cccc(F)c1)Cc1nccs1. The van der Waals surface area contributed by atoms with E-state index in [1.807, 2.05) is 11.4 Å². The molecule has 0 saturated carbocycles. The predicted octanol–water partition coefficient (Wildman–Crippen LogP) is 2.39. The molecule has 0 aliphatic carbocycles. The van der Waals surface area contributed by atoms with Crippen LogP contribution >= 0.6 is 11.3 Å². The molecule has 1 atom stereocenters. The number of halogens is 1. The molecule has 84 valence electrons. The molecule has 4 heteroatoms. The molecule has 1 aromatic carbocycles. The lowest BCUT2D eigenvalue weighted by molar-refractivity contribution is 0.618. The van der Waals surface area contributed by atoms with Crippen molar-refractivity contribution in [3.63, 3.8) is 0 Å². The van der Waals surface area contributed by atoms with Gasteiger partial charge in [-0.3, -0.25) is 0 Å². The summed E-state index contributed by atoms with van der Waals surface area (Å²) in [6.07, 6.45) is 3.19. The monoisotopic (exact) mass is 236 g/mol. The normalized spacial score (nSPS) is 12.6. The maximum Gasteiger partial charge on any atom is 0.123 e. The zero-order valence-electron chi connectivity index (χ0n) is 8.77. The van der Waals surface area contributed by atoms with Crippen LogP contribution in [-0.4, -0.2) is 11.0 Å². The Morgan fingerprint density at radius 2 is 2.25 bits per heavy atom. The summed E-state index contributed by atoms with van der Waals surface area (Å²) in [6.45, 7) is 0. The molecule has 1 unspecified atom stereocenters. The van der Waals surface area contributed by atoms with Gasteiger partial charge in [0, 0.05) is 24.0 Å². The quantitative estimate of drug-likeness (QED) is 0.885. The van der Waals surface area contributed by atoms with Gasteiger partial charge in [0.1, 0.15) is 5.82 Å². The lowest BCUT2D eigenvalue weighted by atomic mass is 10.0. The minimum Gasteiger partial charge on any atom is -0.327 e. The Morgan fingerprint density at radius 1 is 1.38 bits per heavy atom. The second-order valence-electron chi connectivity index (χ2n) is 3.72. The van der Waals surface area contributed by atoms with Crippen LogP contribution in [0.4, 0.5) is 4.39 Å². The van der Waals surface area contributed by atoms with Gasteiger partial charge in [-0.25, -0.2) is 9.37 Å². The maximum absolute atomic E-state index is 12.9. The fourth-order valence-electron chi connectivity index (χ4n) is 1.62. The first-order valence-electron chi connectivity index (χ1n) is 5.12. The van der Waals surface area contributed by atoms with E-state index in [-0.39, 0.29) is 11.9 Å². The van der Waals surface area contributed by atoms with Gasteiger partial charge in [0.15, 0.2) is 0 Å². The van der Waals surface area contributed by atoms with Crippen molar-refractivity contribution in [2.45, 2.75) is 18.9 Å². The number of nitrogens with zero attached hydrogens (tertiary/aromatic N) is 1. The van der Waals surface area contributed by atoms with Crippen LogP contribution in [0.25, 0.3) is 0 Å². The molecule has 1 heterocycles. The second kappa shape index (κ2) is 5.18. The largest absolute Gasteiger partial charge is 0.327 e. The van der Waals surface area contributed by atoms with Crippen LogP contribution in [0.15, 0.2) is 35.8 Å². The number of hydrogen-bond donors (Lipinski definition) is 1. The van der Waals surface area contributed by atoms with Crippen LogP contribution in [0.5, 0.6) is 0 Å². The highest BCUT2D eigenvalue weighted by molar-refractivity contribution is 7.09. The minimum absolute atomic E-state index is 0.00653. The fraction of sp³-hybridized carbons (Fsp3) is 0.250. The number of thiazole rings is 1. The van der Waals surface area contributed by atoms with E-state index in [9.17, 15) is 4.39 Å². The summed E-state index contributed by atoms with van der Waals surface area (Å²) >= 11 is 1.60. The first-order chi connectivity index (χ1) is 7.74. The summed E-state index contributed by atoms with van der Waals surface area (Å²) in [5, 5.41) is 2.97. The van der Waals surface area contributed by atoms with E-state index in [0.29, 0.717) is 6.42 Å². The second-order valence-corrected chi connectivity index (χ2v) is 4.70. The predicted molar refractivity (Wildman–Crippen MR) is 63.9 cm³/mol. The van der Waals surface area contributed by atoms with E-state index >= 15 is 0 Å². The molecule has 0 amide bonds. The molecule has 0 aliphatic heterocycles. The zero-order valence-corrected chi connectivity index (χ0v) is 9.58. The number of nitrogens with two attached hydrogens (primary N) is 1. The third-order valence-corrected chi connectivity index (χ3v) is 3.11. The molecule has 2 nitrogen and oxygen atoms in total. The van der Waals surface area contributed by atoms with Crippen LogP contribution in [0.2, 0.25) is 0 Å². The molecule has 0 aliphatic rings. The molecule has 1 aromatic heterocycles. The van der Waals surface area contributed by atoms with E-state index in [4.69, 9.17) is 5.73 Å². The standard InChI is InChI=1S/C12H13FN2S/c13-10-3-1-2-9(6-10)7-11(14)8-12-15-4-5-16-12/h1-6,11H,7-8,14H2. The number of hydrogen-bond acceptors (Lipinski definition) is 3. The van der Waals surface area contributed by atoms with Crippen molar-refractivity contribution in [3.05, 3.63) is 52.2 Å². The van der Waals surface area contributed by atoms with Gasteiger partial charge >= 0.3 is 0 Å². The minimum atomic E-state index is -0.209. The summed E-state index contributed by atoms with van der Waals surface area (Å²) < 4.78 is 12.9. The maximum atomic E-state index is 12.9. The summed E-state index contributed by atoms with van der Waals surface area (Å²) in [5.74, 6) is -0.209. The van der Waals surface area contributed by atoms with Gasteiger partial charge in [0.25, 0.3) is 0 Å². The molecular formula is C12H13FN2S. The Bertz CT molecular complexity index is 442. The van der Waals surface area contributed by atoms with E-state index in [0.717, 1.165) is 17.0 Å². The summed E-state index contributed by atoms with van der Waals surface area (Å²) in [6, 6.07) is 6.57. The van der Waals surface area contributed by atoms with Crippen molar-refractivity contribution in [1.29, 1.82) is 0 Å². The third kappa shape index (κ3) is 3.12. The first kappa shape index (κ1) is 11.2. The highest BCUT2D eigenvalue weighted by atomic mass is 32.1. The molecule has 0 saturated heterocycles. The van der Waals surface area contributed by atoms with E-state index in [2.05, 4.69) is 4.98 Å². The number of aromatic nitrogens is 1. The first-order valence-corrected chi connectivity index (χ1v) is 6.00. The molecule has 0 fully saturated rings. The molecule has 0 radical (unpaired) electrons. The van der Waals surface area contributed by atoms with E-state index in [1.165, 1.54) is 12.1 Å². The van der Waals surface area contributed by atoms with Crippen molar-refractivity contribution in [2.75, 3.05) is 0 Å². The molecule has 0 bridgehead atoms. The van der Waals surface area contributed by atoms with Crippen LogP contribution < -0.4 is 5.73 Å². The molecule has 0 spiro atoms. The Labute approximate surface area is 97.9 Å². The van der Waals surface area contributed by atoms with E-state index in [1.54, 1.807) is 23.6 Å². The molecule has 2 aromatic rings.